The maximum atomic E-state index is 13.4. The monoisotopic (exact) mass is 385 g/mol. The van der Waals surface area contributed by atoms with Gasteiger partial charge in [-0.1, -0.05) is 0 Å². The summed E-state index contributed by atoms with van der Waals surface area (Å²) in [6.07, 6.45) is 1.74. The zero-order valence-electron chi connectivity index (χ0n) is 15.4. The molecule has 1 saturated heterocycles. The van der Waals surface area contributed by atoms with E-state index in [1.54, 1.807) is 4.90 Å². The van der Waals surface area contributed by atoms with Crippen molar-refractivity contribution in [2.24, 2.45) is 0 Å². The van der Waals surface area contributed by atoms with Crippen molar-refractivity contribution >= 4 is 16.9 Å². The Balaban J connectivity index is 1.66. The highest BCUT2D eigenvalue weighted by Gasteiger charge is 2.26. The second-order valence-electron chi connectivity index (χ2n) is 6.95. The zero-order chi connectivity index (χ0) is 19.7. The molecule has 3 heterocycles. The summed E-state index contributed by atoms with van der Waals surface area (Å²) >= 11 is 0. The molecule has 0 bridgehead atoms. The van der Waals surface area contributed by atoms with Gasteiger partial charge in [0.25, 0.3) is 5.91 Å². The molecule has 0 N–H and O–H groups in total. The molecule has 0 spiro atoms. The summed E-state index contributed by atoms with van der Waals surface area (Å²) in [6, 6.07) is 8.39. The summed E-state index contributed by atoms with van der Waals surface area (Å²) in [7, 11) is 0. The number of carbonyl (C=O) groups is 1. The Morgan fingerprint density at radius 2 is 2.07 bits per heavy atom. The van der Waals surface area contributed by atoms with Crippen molar-refractivity contribution in [1.29, 1.82) is 0 Å². The maximum absolute atomic E-state index is 13.4. The Kier molecular flexibility index (Phi) is 5.00. The largest absolute Gasteiger partial charge is 0.464 e. The molecule has 7 heteroatoms. The van der Waals surface area contributed by atoms with Crippen LogP contribution < -0.4 is 5.43 Å². The van der Waals surface area contributed by atoms with Crippen LogP contribution in [0.4, 0.5) is 4.39 Å². The predicted octanol–water partition coefficient (Wildman–Crippen LogP) is 3.65. The molecule has 28 heavy (non-hydrogen) atoms. The number of aryl methyl sites for hydroxylation is 1. The SMILES string of the molecule is Cc1ccc(CN(C[C@H]2CCCO2)C(=O)c2cc(=O)c3cc(F)ccc3o2)o1. The van der Waals surface area contributed by atoms with Crippen molar-refractivity contribution in [2.75, 3.05) is 13.2 Å². The average molecular weight is 385 g/mol. The lowest BCUT2D eigenvalue weighted by Crippen LogP contribution is -2.37. The fourth-order valence-corrected chi connectivity index (χ4v) is 3.40. The minimum absolute atomic E-state index is 0.0683. The number of fused-ring (bicyclic) bond motifs is 1. The van der Waals surface area contributed by atoms with Crippen molar-refractivity contribution in [3.05, 3.63) is 69.7 Å². The quantitative estimate of drug-likeness (QED) is 0.670. The van der Waals surface area contributed by atoms with Gasteiger partial charge in [0.05, 0.1) is 18.0 Å². The lowest BCUT2D eigenvalue weighted by Gasteiger charge is -2.24. The Bertz CT molecular complexity index is 1060. The van der Waals surface area contributed by atoms with E-state index in [0.29, 0.717) is 18.9 Å². The first-order valence-electron chi connectivity index (χ1n) is 9.19. The molecule has 1 aliphatic heterocycles. The van der Waals surface area contributed by atoms with Crippen molar-refractivity contribution in [3.63, 3.8) is 0 Å². The molecular weight excluding hydrogens is 365 g/mol. The Hall–Kier alpha value is -2.93. The lowest BCUT2D eigenvalue weighted by atomic mass is 10.2. The van der Waals surface area contributed by atoms with Crippen LogP contribution in [0.15, 0.2) is 50.0 Å². The summed E-state index contributed by atoms with van der Waals surface area (Å²) < 4.78 is 30.3. The third-order valence-corrected chi connectivity index (χ3v) is 4.78. The van der Waals surface area contributed by atoms with E-state index in [9.17, 15) is 14.0 Å². The van der Waals surface area contributed by atoms with Gasteiger partial charge >= 0.3 is 0 Å². The highest BCUT2D eigenvalue weighted by atomic mass is 19.1. The van der Waals surface area contributed by atoms with E-state index in [4.69, 9.17) is 13.6 Å². The van der Waals surface area contributed by atoms with E-state index in [-0.39, 0.29) is 29.4 Å². The number of rotatable bonds is 5. The number of hydrogen-bond acceptors (Lipinski definition) is 5. The van der Waals surface area contributed by atoms with Gasteiger partial charge in [0.15, 0.2) is 11.2 Å². The van der Waals surface area contributed by atoms with Gasteiger partial charge in [-0.3, -0.25) is 9.59 Å². The molecule has 1 amide bonds. The third kappa shape index (κ3) is 3.84. The molecule has 0 unspecified atom stereocenters. The van der Waals surface area contributed by atoms with Crippen LogP contribution in [0.25, 0.3) is 11.0 Å². The van der Waals surface area contributed by atoms with Gasteiger partial charge in [-0.15, -0.1) is 0 Å². The molecule has 1 fully saturated rings. The number of benzene rings is 1. The van der Waals surface area contributed by atoms with Crippen LogP contribution in [0.5, 0.6) is 0 Å². The molecular formula is C21H20FNO5. The van der Waals surface area contributed by atoms with E-state index in [1.165, 1.54) is 12.1 Å². The zero-order valence-corrected chi connectivity index (χ0v) is 15.4. The van der Waals surface area contributed by atoms with Gasteiger partial charge in [-0.05, 0) is 50.1 Å². The van der Waals surface area contributed by atoms with Crippen molar-refractivity contribution in [2.45, 2.75) is 32.4 Å². The fourth-order valence-electron chi connectivity index (χ4n) is 3.40. The first kappa shape index (κ1) is 18.4. The molecule has 3 aromatic rings. The first-order chi connectivity index (χ1) is 13.5. The van der Waals surface area contributed by atoms with E-state index >= 15 is 0 Å². The Morgan fingerprint density at radius 1 is 1.21 bits per heavy atom. The normalized spacial score (nSPS) is 16.6. The number of nitrogens with zero attached hydrogens (tertiary/aromatic N) is 1. The second kappa shape index (κ2) is 7.59. The van der Waals surface area contributed by atoms with E-state index in [0.717, 1.165) is 30.7 Å². The first-order valence-corrected chi connectivity index (χ1v) is 9.19. The smallest absolute Gasteiger partial charge is 0.290 e. The van der Waals surface area contributed by atoms with Crippen LogP contribution in [0.2, 0.25) is 0 Å². The molecule has 2 aromatic heterocycles. The van der Waals surface area contributed by atoms with Crippen LogP contribution >= 0.6 is 0 Å². The van der Waals surface area contributed by atoms with Crippen LogP contribution in [0.1, 0.15) is 34.9 Å². The van der Waals surface area contributed by atoms with Crippen molar-refractivity contribution in [1.82, 2.24) is 4.90 Å². The molecule has 1 aromatic carbocycles. The average Bonchev–Trinajstić information content (AvgIpc) is 3.33. The molecule has 146 valence electrons. The molecule has 1 atom stereocenters. The number of hydrogen-bond donors (Lipinski definition) is 0. The molecule has 1 aliphatic rings. The standard InChI is InChI=1S/C21H20FNO5/c1-13-4-6-16(27-13)12-23(11-15-3-2-8-26-15)21(25)20-10-18(24)17-9-14(22)5-7-19(17)28-20/h4-7,9-10,15H,2-3,8,11-12H2,1H3/t15-/m1/s1. The minimum Gasteiger partial charge on any atom is -0.464 e. The number of amides is 1. The highest BCUT2D eigenvalue weighted by molar-refractivity contribution is 5.93. The molecule has 6 nitrogen and oxygen atoms in total. The summed E-state index contributed by atoms with van der Waals surface area (Å²) in [6.45, 7) is 3.10. The van der Waals surface area contributed by atoms with Gasteiger partial charge in [0.2, 0.25) is 0 Å². The van der Waals surface area contributed by atoms with E-state index < -0.39 is 17.2 Å². The summed E-state index contributed by atoms with van der Waals surface area (Å²) in [5.74, 6) is 0.318. The van der Waals surface area contributed by atoms with E-state index in [1.807, 2.05) is 19.1 Å². The third-order valence-electron chi connectivity index (χ3n) is 4.78. The van der Waals surface area contributed by atoms with Gasteiger partial charge in [0, 0.05) is 19.2 Å². The fraction of sp³-hybridized carbons (Fsp3) is 0.333. The molecule has 0 aliphatic carbocycles. The molecule has 0 saturated carbocycles. The molecule has 0 radical (unpaired) electrons. The van der Waals surface area contributed by atoms with Crippen LogP contribution in [0.3, 0.4) is 0 Å². The second-order valence-corrected chi connectivity index (χ2v) is 6.95. The van der Waals surface area contributed by atoms with Crippen molar-refractivity contribution < 1.29 is 22.8 Å². The Labute approximate surface area is 160 Å². The number of furan rings is 1. The number of carbonyl (C=O) groups excluding carboxylic acids is 1. The van der Waals surface area contributed by atoms with Crippen molar-refractivity contribution in [3.8, 4) is 0 Å². The Morgan fingerprint density at radius 3 is 2.79 bits per heavy atom. The van der Waals surface area contributed by atoms with Gasteiger partial charge in [-0.2, -0.15) is 0 Å². The highest BCUT2D eigenvalue weighted by Crippen LogP contribution is 2.20. The predicted molar refractivity (Wildman–Crippen MR) is 99.6 cm³/mol. The summed E-state index contributed by atoms with van der Waals surface area (Å²) in [5, 5.41) is 0.101. The van der Waals surface area contributed by atoms with Crippen LogP contribution in [-0.4, -0.2) is 30.1 Å². The number of halogens is 1. The van der Waals surface area contributed by atoms with Gasteiger partial charge < -0.3 is 18.5 Å². The number of ether oxygens (including phenoxy) is 1. The van der Waals surface area contributed by atoms with Crippen LogP contribution in [0, 0.1) is 12.7 Å². The summed E-state index contributed by atoms with van der Waals surface area (Å²) in [4.78, 5) is 27.0. The molecule has 4 rings (SSSR count). The van der Waals surface area contributed by atoms with Crippen LogP contribution in [-0.2, 0) is 11.3 Å². The van der Waals surface area contributed by atoms with E-state index in [2.05, 4.69) is 0 Å². The minimum atomic E-state index is -0.535. The van der Waals surface area contributed by atoms with Gasteiger partial charge in [0.1, 0.15) is 22.9 Å². The lowest BCUT2D eigenvalue weighted by molar-refractivity contribution is 0.0468. The maximum Gasteiger partial charge on any atom is 0.290 e. The van der Waals surface area contributed by atoms with Gasteiger partial charge in [-0.25, -0.2) is 4.39 Å². The topological polar surface area (TPSA) is 72.9 Å². The summed E-state index contributed by atoms with van der Waals surface area (Å²) in [5.41, 5.74) is -0.293.